The Balaban J connectivity index is 2.48. The Bertz CT molecular complexity index is 965. The maximum Gasteiger partial charge on any atom is 0.337 e. The van der Waals surface area contributed by atoms with Gasteiger partial charge in [-0.2, -0.15) is 5.11 Å². The number of carbonyl (C=O) groups excluding carboxylic acids is 3. The van der Waals surface area contributed by atoms with Crippen LogP contribution in [-0.2, 0) is 14.3 Å². The number of methoxy groups -OCH3 is 2. The zero-order valence-corrected chi connectivity index (χ0v) is 18.3. The van der Waals surface area contributed by atoms with E-state index in [0.29, 0.717) is 11.4 Å². The van der Waals surface area contributed by atoms with Crippen LogP contribution in [0.2, 0.25) is 0 Å². The number of nitrogens with one attached hydrogen (secondary N) is 1. The van der Waals surface area contributed by atoms with Gasteiger partial charge in [0.05, 0.1) is 36.7 Å². The first-order chi connectivity index (χ1) is 14.8. The molecule has 1 N–H and O–H groups in total. The van der Waals surface area contributed by atoms with Crippen LogP contribution in [0.1, 0.15) is 41.5 Å². The number of nitrogens with zero attached hydrogens (tertiary/aromatic N) is 3. The van der Waals surface area contributed by atoms with Crippen LogP contribution in [0.4, 0.5) is 22.7 Å². The molecule has 0 unspecified atom stereocenters. The summed E-state index contributed by atoms with van der Waals surface area (Å²) in [5.41, 5.74) is 2.39. The van der Waals surface area contributed by atoms with E-state index in [0.717, 1.165) is 18.8 Å². The molecule has 1 amide bonds. The average Bonchev–Trinajstić information content (AvgIpc) is 2.77. The molecule has 164 valence electrons. The highest BCUT2D eigenvalue weighted by molar-refractivity contribution is 5.96. The second-order valence-corrected chi connectivity index (χ2v) is 6.51. The topological polar surface area (TPSA) is 110 Å². The Morgan fingerprint density at radius 1 is 0.903 bits per heavy atom. The van der Waals surface area contributed by atoms with E-state index in [1.165, 1.54) is 39.3 Å². The fraction of sp³-hybridized carbons (Fsp3) is 0.318. The molecule has 31 heavy (non-hydrogen) atoms. The summed E-state index contributed by atoms with van der Waals surface area (Å²) in [5.74, 6) is -1.48. The van der Waals surface area contributed by atoms with Crippen LogP contribution in [0, 0.1) is 0 Å². The van der Waals surface area contributed by atoms with Gasteiger partial charge in [0, 0.05) is 25.7 Å². The molecule has 0 saturated heterocycles. The first-order valence-electron chi connectivity index (χ1n) is 9.72. The molecule has 0 radical (unpaired) electrons. The minimum Gasteiger partial charge on any atom is -0.465 e. The molecule has 0 fully saturated rings. The van der Waals surface area contributed by atoms with Crippen molar-refractivity contribution in [1.29, 1.82) is 0 Å². The van der Waals surface area contributed by atoms with Crippen LogP contribution in [0.3, 0.4) is 0 Å². The SMILES string of the molecule is CCN(CC)c1ccc(N=Nc2cc(C(=O)OC)cc(C(=O)OC)c2)c(NC(C)=O)c1. The third kappa shape index (κ3) is 6.11. The number of amides is 1. The van der Waals surface area contributed by atoms with Crippen LogP contribution in [0.15, 0.2) is 46.6 Å². The molecule has 9 nitrogen and oxygen atoms in total. The molecule has 9 heteroatoms. The molecule has 0 aromatic heterocycles. The van der Waals surface area contributed by atoms with E-state index >= 15 is 0 Å². The van der Waals surface area contributed by atoms with Crippen molar-refractivity contribution in [1.82, 2.24) is 0 Å². The zero-order valence-electron chi connectivity index (χ0n) is 18.3. The molecule has 0 saturated carbocycles. The Hall–Kier alpha value is -3.75. The Kier molecular flexibility index (Phi) is 8.25. The van der Waals surface area contributed by atoms with Crippen LogP contribution < -0.4 is 10.2 Å². The number of esters is 2. The average molecular weight is 426 g/mol. The third-order valence-electron chi connectivity index (χ3n) is 4.45. The van der Waals surface area contributed by atoms with Gasteiger partial charge in [-0.05, 0) is 50.2 Å². The first kappa shape index (κ1) is 23.5. The number of rotatable bonds is 8. The first-order valence-corrected chi connectivity index (χ1v) is 9.72. The highest BCUT2D eigenvalue weighted by Crippen LogP contribution is 2.32. The Labute approximate surface area is 181 Å². The zero-order chi connectivity index (χ0) is 23.0. The fourth-order valence-corrected chi connectivity index (χ4v) is 2.94. The van der Waals surface area contributed by atoms with Crippen molar-refractivity contribution >= 4 is 40.6 Å². The van der Waals surface area contributed by atoms with Crippen molar-refractivity contribution in [3.63, 3.8) is 0 Å². The Morgan fingerprint density at radius 2 is 1.48 bits per heavy atom. The van der Waals surface area contributed by atoms with Gasteiger partial charge < -0.3 is 19.7 Å². The van der Waals surface area contributed by atoms with Gasteiger partial charge in [0.15, 0.2) is 0 Å². The molecule has 0 aliphatic carbocycles. The van der Waals surface area contributed by atoms with Gasteiger partial charge >= 0.3 is 11.9 Å². The van der Waals surface area contributed by atoms with Crippen molar-refractivity contribution in [3.8, 4) is 0 Å². The van der Waals surface area contributed by atoms with E-state index < -0.39 is 11.9 Å². The predicted octanol–water partition coefficient (Wildman–Crippen LogP) is 4.48. The minimum absolute atomic E-state index is 0.137. The number of azo groups is 1. The highest BCUT2D eigenvalue weighted by atomic mass is 16.5. The van der Waals surface area contributed by atoms with Crippen LogP contribution in [0.5, 0.6) is 0 Å². The van der Waals surface area contributed by atoms with Gasteiger partial charge in [-0.15, -0.1) is 5.11 Å². The van der Waals surface area contributed by atoms with Crippen LogP contribution in [-0.4, -0.2) is 45.2 Å². The van der Waals surface area contributed by atoms with Gasteiger partial charge in [-0.3, -0.25) is 4.79 Å². The minimum atomic E-state index is -0.621. The van der Waals surface area contributed by atoms with Crippen molar-refractivity contribution in [2.75, 3.05) is 37.5 Å². The van der Waals surface area contributed by atoms with Crippen molar-refractivity contribution in [2.24, 2.45) is 10.2 Å². The smallest absolute Gasteiger partial charge is 0.337 e. The Morgan fingerprint density at radius 3 is 1.97 bits per heavy atom. The largest absolute Gasteiger partial charge is 0.465 e. The van der Waals surface area contributed by atoms with Gasteiger partial charge in [0.25, 0.3) is 0 Å². The van der Waals surface area contributed by atoms with Crippen molar-refractivity contribution < 1.29 is 23.9 Å². The summed E-state index contributed by atoms with van der Waals surface area (Å²) in [5, 5.41) is 11.1. The van der Waals surface area contributed by atoms with Crippen molar-refractivity contribution in [3.05, 3.63) is 47.5 Å². The molecule has 0 aliphatic rings. The monoisotopic (exact) mass is 426 g/mol. The standard InChI is InChI=1S/C22H26N4O5/c1-6-26(7-2)18-8-9-19(20(13-18)23-14(3)27)25-24-17-11-15(21(28)30-4)10-16(12-17)22(29)31-5/h8-13H,6-7H2,1-5H3,(H,23,27). The number of hydrogen-bond donors (Lipinski definition) is 1. The lowest BCUT2D eigenvalue weighted by atomic mass is 10.1. The third-order valence-corrected chi connectivity index (χ3v) is 4.45. The van der Waals surface area contributed by atoms with E-state index in [2.05, 4.69) is 20.4 Å². The summed E-state index contributed by atoms with van der Waals surface area (Å²) in [6.07, 6.45) is 0. The number of hydrogen-bond acceptors (Lipinski definition) is 8. The summed E-state index contributed by atoms with van der Waals surface area (Å²) in [6.45, 7) is 7.12. The summed E-state index contributed by atoms with van der Waals surface area (Å²) < 4.78 is 9.45. The van der Waals surface area contributed by atoms with Gasteiger partial charge in [-0.1, -0.05) is 0 Å². The number of carbonyl (C=O) groups is 3. The molecule has 0 aliphatic heterocycles. The molecular weight excluding hydrogens is 400 g/mol. The molecule has 2 aromatic rings. The quantitative estimate of drug-likeness (QED) is 0.492. The highest BCUT2D eigenvalue weighted by Gasteiger charge is 2.14. The number of ether oxygens (including phenoxy) is 2. The molecule has 2 rings (SSSR count). The lowest BCUT2D eigenvalue weighted by molar-refractivity contribution is -0.114. The number of anilines is 2. The second kappa shape index (κ2) is 10.9. The fourth-order valence-electron chi connectivity index (χ4n) is 2.94. The van der Waals surface area contributed by atoms with E-state index in [1.807, 2.05) is 26.0 Å². The van der Waals surface area contributed by atoms with E-state index in [-0.39, 0.29) is 22.7 Å². The summed E-state index contributed by atoms with van der Waals surface area (Å²) >= 11 is 0. The van der Waals surface area contributed by atoms with Crippen LogP contribution in [0.25, 0.3) is 0 Å². The van der Waals surface area contributed by atoms with Crippen LogP contribution >= 0.6 is 0 Å². The van der Waals surface area contributed by atoms with E-state index in [4.69, 9.17) is 9.47 Å². The maximum absolute atomic E-state index is 11.9. The molecule has 0 bridgehead atoms. The van der Waals surface area contributed by atoms with Crippen molar-refractivity contribution in [2.45, 2.75) is 20.8 Å². The maximum atomic E-state index is 11.9. The van der Waals surface area contributed by atoms with Gasteiger partial charge in [-0.25, -0.2) is 9.59 Å². The van der Waals surface area contributed by atoms with E-state index in [1.54, 1.807) is 6.07 Å². The van der Waals surface area contributed by atoms with E-state index in [9.17, 15) is 14.4 Å². The molecule has 0 atom stereocenters. The summed E-state index contributed by atoms with van der Waals surface area (Å²) in [7, 11) is 2.48. The molecule has 0 heterocycles. The number of benzene rings is 2. The normalized spacial score (nSPS) is 10.6. The molecular formula is C22H26N4O5. The predicted molar refractivity (Wildman–Crippen MR) is 118 cm³/mol. The van der Waals surface area contributed by atoms with Gasteiger partial charge in [0.2, 0.25) is 5.91 Å². The molecule has 0 spiro atoms. The lowest BCUT2D eigenvalue weighted by Crippen LogP contribution is -2.21. The second-order valence-electron chi connectivity index (χ2n) is 6.51. The summed E-state index contributed by atoms with van der Waals surface area (Å²) in [4.78, 5) is 37.7. The summed E-state index contributed by atoms with van der Waals surface area (Å²) in [6, 6.07) is 9.71. The molecule has 2 aromatic carbocycles. The lowest BCUT2D eigenvalue weighted by Gasteiger charge is -2.22. The van der Waals surface area contributed by atoms with Gasteiger partial charge in [0.1, 0.15) is 5.69 Å².